The van der Waals surface area contributed by atoms with E-state index < -0.39 is 0 Å². The van der Waals surface area contributed by atoms with Crippen LogP contribution in [0.3, 0.4) is 0 Å². The molecule has 3 aromatic rings. The van der Waals surface area contributed by atoms with Crippen LogP contribution in [0, 0.1) is 5.92 Å². The molecule has 3 nitrogen and oxygen atoms in total. The van der Waals surface area contributed by atoms with E-state index in [2.05, 4.69) is 45.0 Å². The molecule has 4 heteroatoms. The van der Waals surface area contributed by atoms with Gasteiger partial charge in [-0.15, -0.1) is 0 Å². The number of rotatable bonds is 3. The third kappa shape index (κ3) is 5.86. The Bertz CT molecular complexity index is 1010. The first-order chi connectivity index (χ1) is 15.3. The normalized spacial score (nSPS) is 16.0. The highest BCUT2D eigenvalue weighted by Gasteiger charge is 2.19. The molecule has 0 bridgehead atoms. The molecule has 2 aromatic heterocycles. The topological polar surface area (TPSA) is 30.7 Å². The minimum absolute atomic E-state index is 0.557. The van der Waals surface area contributed by atoms with Crippen molar-refractivity contribution in [3.63, 3.8) is 0 Å². The van der Waals surface area contributed by atoms with E-state index in [0.29, 0.717) is 11.1 Å². The van der Waals surface area contributed by atoms with E-state index in [1.165, 1.54) is 63.4 Å². The Kier molecular flexibility index (Phi) is 7.95. The molecule has 1 fully saturated rings. The highest BCUT2D eigenvalue weighted by Crippen LogP contribution is 2.32. The summed E-state index contributed by atoms with van der Waals surface area (Å²) in [5.41, 5.74) is 3.22. The van der Waals surface area contributed by atoms with Crippen molar-refractivity contribution in [2.45, 2.75) is 64.2 Å². The second-order valence-corrected chi connectivity index (χ2v) is 8.97. The zero-order valence-electron chi connectivity index (χ0n) is 18.2. The fraction of sp³-hybridized carbons (Fsp3) is 0.407. The average molecular weight is 434 g/mol. The van der Waals surface area contributed by atoms with Gasteiger partial charge in [0.15, 0.2) is 0 Å². The fourth-order valence-corrected chi connectivity index (χ4v) is 4.95. The molecule has 0 saturated heterocycles. The molecule has 0 aliphatic heterocycles. The predicted octanol–water partition coefficient (Wildman–Crippen LogP) is 7.88. The van der Waals surface area contributed by atoms with Gasteiger partial charge in [0.1, 0.15) is 17.1 Å². The van der Waals surface area contributed by atoms with Gasteiger partial charge < -0.3 is 4.57 Å². The third-order valence-corrected chi connectivity index (χ3v) is 6.61. The van der Waals surface area contributed by atoms with Crippen LogP contribution in [0.25, 0.3) is 16.7 Å². The smallest absolute Gasteiger partial charge is 0.149 e. The van der Waals surface area contributed by atoms with Gasteiger partial charge in [-0.1, -0.05) is 112 Å². The molecule has 162 valence electrons. The quantitative estimate of drug-likeness (QED) is 0.393. The fourth-order valence-electron chi connectivity index (χ4n) is 4.70. The van der Waals surface area contributed by atoms with Crippen molar-refractivity contribution in [2.24, 2.45) is 5.92 Å². The maximum absolute atomic E-state index is 6.61. The van der Waals surface area contributed by atoms with E-state index in [0.717, 1.165) is 23.1 Å². The number of aromatic nitrogens is 3. The van der Waals surface area contributed by atoms with Crippen molar-refractivity contribution < 1.29 is 0 Å². The minimum Gasteiger partial charge on any atom is -0.301 e. The Morgan fingerprint density at radius 3 is 2.00 bits per heavy atom. The Morgan fingerprint density at radius 2 is 1.35 bits per heavy atom. The number of hydrogen-bond acceptors (Lipinski definition) is 2. The van der Waals surface area contributed by atoms with Gasteiger partial charge in [-0.3, -0.25) is 0 Å². The SMILES string of the molecule is Clc1ncnc2c1c(CC1CCCCCCCCC1)cn2-c1ccccccccc1. The maximum atomic E-state index is 6.61. The van der Waals surface area contributed by atoms with E-state index in [-0.39, 0.29) is 0 Å². The molecule has 1 aromatic carbocycles. The summed E-state index contributed by atoms with van der Waals surface area (Å²) in [6.45, 7) is 0. The molecule has 0 unspecified atom stereocenters. The molecule has 31 heavy (non-hydrogen) atoms. The summed E-state index contributed by atoms with van der Waals surface area (Å²) >= 11 is 6.61. The molecule has 1 aliphatic rings. The molecule has 4 rings (SSSR count). The van der Waals surface area contributed by atoms with Gasteiger partial charge in [0.25, 0.3) is 0 Å². The van der Waals surface area contributed by atoms with Gasteiger partial charge >= 0.3 is 0 Å². The molecule has 0 N–H and O–H groups in total. The van der Waals surface area contributed by atoms with Gasteiger partial charge in [-0.25, -0.2) is 9.97 Å². The first-order valence-corrected chi connectivity index (χ1v) is 12.1. The van der Waals surface area contributed by atoms with Gasteiger partial charge in [-0.2, -0.15) is 0 Å². The molecule has 0 atom stereocenters. The molecule has 0 amide bonds. The van der Waals surface area contributed by atoms with Crippen LogP contribution in [0.4, 0.5) is 0 Å². The molecular formula is C27H32ClN3. The van der Waals surface area contributed by atoms with Crippen LogP contribution < -0.4 is 0 Å². The van der Waals surface area contributed by atoms with Crippen molar-refractivity contribution in [1.82, 2.24) is 14.5 Å². The average Bonchev–Trinajstić information content (AvgIpc) is 3.16. The van der Waals surface area contributed by atoms with Crippen LogP contribution in [0.1, 0.15) is 63.4 Å². The Labute approximate surface area is 190 Å². The lowest BCUT2D eigenvalue weighted by atomic mass is 9.88. The van der Waals surface area contributed by atoms with Gasteiger partial charge in [0.2, 0.25) is 0 Å². The van der Waals surface area contributed by atoms with Crippen LogP contribution >= 0.6 is 11.6 Å². The summed E-state index contributed by atoms with van der Waals surface area (Å²) < 4.78 is 2.17. The number of fused-ring (bicyclic) bond motifs is 1. The van der Waals surface area contributed by atoms with Gasteiger partial charge in [0.05, 0.1) is 5.39 Å². The Hall–Kier alpha value is -2.39. The number of hydrogen-bond donors (Lipinski definition) is 0. The summed E-state index contributed by atoms with van der Waals surface area (Å²) in [5, 5.41) is 1.56. The molecular weight excluding hydrogens is 402 g/mol. The molecule has 0 spiro atoms. The van der Waals surface area contributed by atoms with Gasteiger partial charge in [0, 0.05) is 11.9 Å². The van der Waals surface area contributed by atoms with Crippen LogP contribution in [-0.2, 0) is 6.42 Å². The number of halogens is 1. The highest BCUT2D eigenvalue weighted by atomic mass is 35.5. The van der Waals surface area contributed by atoms with E-state index in [1.54, 1.807) is 6.33 Å². The first kappa shape index (κ1) is 21.8. The molecule has 1 aliphatic carbocycles. The van der Waals surface area contributed by atoms with Crippen LogP contribution in [0.2, 0.25) is 5.15 Å². The first-order valence-electron chi connectivity index (χ1n) is 11.7. The monoisotopic (exact) mass is 433 g/mol. The molecule has 2 heterocycles. The van der Waals surface area contributed by atoms with Crippen LogP contribution in [0.5, 0.6) is 0 Å². The summed E-state index contributed by atoms with van der Waals surface area (Å²) in [5.74, 6) is 0.704. The van der Waals surface area contributed by atoms with E-state index >= 15 is 0 Å². The van der Waals surface area contributed by atoms with Crippen molar-refractivity contribution >= 4 is 22.6 Å². The summed E-state index contributed by atoms with van der Waals surface area (Å²) in [7, 11) is 0. The third-order valence-electron chi connectivity index (χ3n) is 6.33. The maximum Gasteiger partial charge on any atom is 0.149 e. The lowest BCUT2D eigenvalue weighted by Gasteiger charge is -2.18. The second-order valence-electron chi connectivity index (χ2n) is 8.62. The Balaban J connectivity index is 1.72. The Morgan fingerprint density at radius 1 is 0.774 bits per heavy atom. The zero-order valence-corrected chi connectivity index (χ0v) is 19.0. The van der Waals surface area contributed by atoms with E-state index in [9.17, 15) is 0 Å². The van der Waals surface area contributed by atoms with Crippen LogP contribution in [-0.4, -0.2) is 14.5 Å². The lowest BCUT2D eigenvalue weighted by molar-refractivity contribution is 0.387. The lowest BCUT2D eigenvalue weighted by Crippen LogP contribution is -2.06. The predicted molar refractivity (Wildman–Crippen MR) is 130 cm³/mol. The molecule has 1 saturated carbocycles. The van der Waals surface area contributed by atoms with Crippen LogP contribution in [0.15, 0.2) is 67.1 Å². The standard InChI is InChI=1S/C27H32ClN3/c28-26-25-23(19-22-15-11-7-3-1-4-8-12-16-22)20-31(27(25)30-21-29-26)24-17-13-9-5-2-6-10-14-18-24/h2,5-6,9-10,13-14,17-18,20-22H,1,3-4,7-8,11-12,15-16,19H2. The molecule has 0 radical (unpaired) electrons. The van der Waals surface area contributed by atoms with E-state index in [4.69, 9.17) is 11.6 Å². The van der Waals surface area contributed by atoms with Crippen molar-refractivity contribution in [1.29, 1.82) is 0 Å². The van der Waals surface area contributed by atoms with Crippen molar-refractivity contribution in [2.75, 3.05) is 0 Å². The van der Waals surface area contributed by atoms with Crippen molar-refractivity contribution in [3.8, 4) is 5.69 Å². The summed E-state index contributed by atoms with van der Waals surface area (Å²) in [6.07, 6.45) is 17.1. The zero-order chi connectivity index (χ0) is 21.3. The summed E-state index contributed by atoms with van der Waals surface area (Å²) in [4.78, 5) is 8.94. The summed E-state index contributed by atoms with van der Waals surface area (Å²) in [6, 6.07) is 18.5. The largest absolute Gasteiger partial charge is 0.301 e. The van der Waals surface area contributed by atoms with Crippen molar-refractivity contribution in [3.05, 3.63) is 77.8 Å². The highest BCUT2D eigenvalue weighted by molar-refractivity contribution is 6.34. The van der Waals surface area contributed by atoms with Gasteiger partial charge in [-0.05, 0) is 30.0 Å². The van der Waals surface area contributed by atoms with E-state index in [1.807, 2.05) is 30.3 Å². The second kappa shape index (κ2) is 11.3. The minimum atomic E-state index is 0.557. The number of nitrogens with zero attached hydrogens (tertiary/aromatic N) is 3.